The molecule has 0 saturated heterocycles. The summed E-state index contributed by atoms with van der Waals surface area (Å²) in [5.74, 6) is 1.99. The van der Waals surface area contributed by atoms with Gasteiger partial charge in [-0.1, -0.05) is 6.07 Å². The molecule has 0 fully saturated rings. The number of rotatable bonds is 11. The number of carbonyl (C=O) groups is 1. The van der Waals surface area contributed by atoms with Gasteiger partial charge in [-0.3, -0.25) is 9.79 Å². The number of nitrogens with zero attached hydrogens (tertiary/aromatic N) is 1. The van der Waals surface area contributed by atoms with Gasteiger partial charge in [-0.2, -0.15) is 0 Å². The summed E-state index contributed by atoms with van der Waals surface area (Å²) in [5, 5.41) is 6.56. The van der Waals surface area contributed by atoms with Crippen molar-refractivity contribution in [3.05, 3.63) is 23.8 Å². The number of guanidine groups is 1. The largest absolute Gasteiger partial charge is 0.490 e. The fourth-order valence-electron chi connectivity index (χ4n) is 2.49. The molecule has 0 heterocycles. The fourth-order valence-corrected chi connectivity index (χ4v) is 2.49. The van der Waals surface area contributed by atoms with Crippen molar-refractivity contribution in [2.45, 2.75) is 46.6 Å². The fraction of sp³-hybridized carbons (Fsp3) is 0.600. The Bertz CT molecular complexity index is 611. The van der Waals surface area contributed by atoms with Gasteiger partial charge in [0.1, 0.15) is 0 Å². The highest BCUT2D eigenvalue weighted by Crippen LogP contribution is 2.30. The van der Waals surface area contributed by atoms with Crippen LogP contribution in [-0.2, 0) is 9.53 Å². The van der Waals surface area contributed by atoms with E-state index in [1.165, 1.54) is 0 Å². The maximum atomic E-state index is 11.4. The molecule has 0 aliphatic carbocycles. The van der Waals surface area contributed by atoms with Crippen molar-refractivity contribution in [1.82, 2.24) is 10.6 Å². The lowest BCUT2D eigenvalue weighted by Crippen LogP contribution is -2.39. The molecule has 1 rings (SSSR count). The number of esters is 1. The predicted octanol–water partition coefficient (Wildman–Crippen LogP) is 3.67. The third-order valence-corrected chi connectivity index (χ3v) is 3.80. The van der Waals surface area contributed by atoms with Gasteiger partial charge in [-0.05, 0) is 51.8 Å². The van der Waals surface area contributed by atoms with Gasteiger partial charge in [-0.25, -0.2) is 0 Å². The van der Waals surface area contributed by atoms with Crippen LogP contribution < -0.4 is 20.1 Å². The highest BCUT2D eigenvalue weighted by atomic mass is 127. The standard InChI is InChI=1S/C20H33N3O4.HI/c1-6-25-17-12-11-16(14-18(17)26-7-2)15(4)23-20(21-5)22-13-9-10-19(24)27-8-3;/h11-12,14-15H,6-10,13H2,1-5H3,(H2,21,22,23);1H. The Hall–Kier alpha value is -1.71. The predicted molar refractivity (Wildman–Crippen MR) is 123 cm³/mol. The highest BCUT2D eigenvalue weighted by Gasteiger charge is 2.12. The molecule has 0 amide bonds. The molecule has 2 N–H and O–H groups in total. The molecule has 0 saturated carbocycles. The van der Waals surface area contributed by atoms with Gasteiger partial charge in [0, 0.05) is 20.0 Å². The molecular weight excluding hydrogens is 473 g/mol. The van der Waals surface area contributed by atoms with Gasteiger partial charge in [-0.15, -0.1) is 24.0 Å². The van der Waals surface area contributed by atoms with Gasteiger partial charge in [0.2, 0.25) is 0 Å². The minimum Gasteiger partial charge on any atom is -0.490 e. The number of hydrogen-bond donors (Lipinski definition) is 2. The van der Waals surface area contributed by atoms with Crippen LogP contribution in [0.3, 0.4) is 0 Å². The van der Waals surface area contributed by atoms with E-state index in [2.05, 4.69) is 22.5 Å². The lowest BCUT2D eigenvalue weighted by Gasteiger charge is -2.20. The van der Waals surface area contributed by atoms with Gasteiger partial charge >= 0.3 is 5.97 Å². The lowest BCUT2D eigenvalue weighted by atomic mass is 10.1. The third-order valence-electron chi connectivity index (χ3n) is 3.80. The van der Waals surface area contributed by atoms with E-state index >= 15 is 0 Å². The summed E-state index contributed by atoms with van der Waals surface area (Å²) in [6, 6.07) is 5.95. The molecule has 160 valence electrons. The molecule has 7 nitrogen and oxygen atoms in total. The smallest absolute Gasteiger partial charge is 0.305 e. The van der Waals surface area contributed by atoms with Crippen molar-refractivity contribution in [3.63, 3.8) is 0 Å². The van der Waals surface area contributed by atoms with E-state index in [9.17, 15) is 4.79 Å². The van der Waals surface area contributed by atoms with E-state index in [1.807, 2.05) is 32.0 Å². The summed E-state index contributed by atoms with van der Waals surface area (Å²) in [6.45, 7) is 9.98. The monoisotopic (exact) mass is 507 g/mol. The van der Waals surface area contributed by atoms with Crippen molar-refractivity contribution in [1.29, 1.82) is 0 Å². The summed E-state index contributed by atoms with van der Waals surface area (Å²) in [5.41, 5.74) is 1.07. The normalized spacial score (nSPS) is 11.8. The van der Waals surface area contributed by atoms with Crippen LogP contribution in [0, 0.1) is 0 Å². The zero-order valence-corrected chi connectivity index (χ0v) is 19.9. The first-order valence-corrected chi connectivity index (χ1v) is 9.57. The van der Waals surface area contributed by atoms with Crippen LogP contribution in [0.4, 0.5) is 0 Å². The first-order chi connectivity index (χ1) is 13.0. The van der Waals surface area contributed by atoms with E-state index < -0.39 is 0 Å². The number of aliphatic imine (C=N–C) groups is 1. The summed E-state index contributed by atoms with van der Waals surface area (Å²) in [7, 11) is 1.72. The van der Waals surface area contributed by atoms with E-state index in [4.69, 9.17) is 14.2 Å². The molecule has 0 aromatic heterocycles. The van der Waals surface area contributed by atoms with Crippen molar-refractivity contribution < 1.29 is 19.0 Å². The maximum Gasteiger partial charge on any atom is 0.305 e. The molecule has 0 aliphatic rings. The Morgan fingerprint density at radius 2 is 1.79 bits per heavy atom. The van der Waals surface area contributed by atoms with Crippen LogP contribution in [0.2, 0.25) is 0 Å². The van der Waals surface area contributed by atoms with Gasteiger partial charge in [0.15, 0.2) is 17.5 Å². The van der Waals surface area contributed by atoms with Crippen LogP contribution in [0.5, 0.6) is 11.5 Å². The summed E-state index contributed by atoms with van der Waals surface area (Å²) in [6.07, 6.45) is 1.08. The molecular formula is C20H34IN3O4. The first kappa shape index (κ1) is 26.3. The number of hydrogen-bond acceptors (Lipinski definition) is 5. The van der Waals surface area contributed by atoms with Gasteiger partial charge in [0.25, 0.3) is 0 Å². The van der Waals surface area contributed by atoms with E-state index in [0.29, 0.717) is 45.2 Å². The summed E-state index contributed by atoms with van der Waals surface area (Å²) < 4.78 is 16.2. The number of halogens is 1. The van der Waals surface area contributed by atoms with Crippen molar-refractivity contribution in [2.24, 2.45) is 4.99 Å². The Labute approximate surface area is 185 Å². The number of benzene rings is 1. The second-order valence-corrected chi connectivity index (χ2v) is 5.85. The van der Waals surface area contributed by atoms with Gasteiger partial charge in [0.05, 0.1) is 25.9 Å². The Morgan fingerprint density at radius 1 is 1.11 bits per heavy atom. The molecule has 8 heteroatoms. The second-order valence-electron chi connectivity index (χ2n) is 5.85. The van der Waals surface area contributed by atoms with E-state index in [1.54, 1.807) is 14.0 Å². The molecule has 1 aromatic carbocycles. The topological polar surface area (TPSA) is 81.2 Å². The molecule has 0 spiro atoms. The van der Waals surface area contributed by atoms with Crippen LogP contribution in [0.1, 0.15) is 52.1 Å². The average molecular weight is 507 g/mol. The molecule has 1 atom stereocenters. The van der Waals surface area contributed by atoms with Crippen molar-refractivity contribution >= 4 is 35.9 Å². The minimum atomic E-state index is -0.173. The zero-order chi connectivity index (χ0) is 20.1. The molecule has 1 unspecified atom stereocenters. The molecule has 0 radical (unpaired) electrons. The first-order valence-electron chi connectivity index (χ1n) is 9.57. The second kappa shape index (κ2) is 15.2. The van der Waals surface area contributed by atoms with Crippen molar-refractivity contribution in [3.8, 4) is 11.5 Å². The van der Waals surface area contributed by atoms with Gasteiger partial charge < -0.3 is 24.8 Å². The van der Waals surface area contributed by atoms with Crippen molar-refractivity contribution in [2.75, 3.05) is 33.4 Å². The number of nitrogens with one attached hydrogen (secondary N) is 2. The molecule has 0 aliphatic heterocycles. The van der Waals surface area contributed by atoms with Crippen LogP contribution in [-0.4, -0.2) is 45.3 Å². The number of carbonyl (C=O) groups excluding carboxylic acids is 1. The molecule has 1 aromatic rings. The summed E-state index contributed by atoms with van der Waals surface area (Å²) in [4.78, 5) is 15.6. The lowest BCUT2D eigenvalue weighted by molar-refractivity contribution is -0.143. The molecule has 0 bridgehead atoms. The Balaban J connectivity index is 0.00000729. The van der Waals surface area contributed by atoms with E-state index in [0.717, 1.165) is 17.1 Å². The molecule has 28 heavy (non-hydrogen) atoms. The quantitative estimate of drug-likeness (QED) is 0.157. The minimum absolute atomic E-state index is 0. The van der Waals surface area contributed by atoms with Crippen LogP contribution in [0.15, 0.2) is 23.2 Å². The van der Waals surface area contributed by atoms with E-state index in [-0.39, 0.29) is 36.0 Å². The maximum absolute atomic E-state index is 11.4. The Morgan fingerprint density at radius 3 is 2.39 bits per heavy atom. The van der Waals surface area contributed by atoms with Crippen LogP contribution in [0.25, 0.3) is 0 Å². The zero-order valence-electron chi connectivity index (χ0n) is 17.5. The highest BCUT2D eigenvalue weighted by molar-refractivity contribution is 14.0. The average Bonchev–Trinajstić information content (AvgIpc) is 2.66. The van der Waals surface area contributed by atoms with Crippen LogP contribution >= 0.6 is 24.0 Å². The Kier molecular flexibility index (Phi) is 14.3. The summed E-state index contributed by atoms with van der Waals surface area (Å²) >= 11 is 0. The number of ether oxygens (including phenoxy) is 3. The third kappa shape index (κ3) is 9.48. The SMILES string of the molecule is CCOC(=O)CCCNC(=NC)NC(C)c1ccc(OCC)c(OCC)c1.I.